The second kappa shape index (κ2) is 8.73. The molecule has 0 bridgehead atoms. The molecule has 0 spiro atoms. The Morgan fingerprint density at radius 1 is 1.27 bits per heavy atom. The number of benzene rings is 1. The van der Waals surface area contributed by atoms with Crippen molar-refractivity contribution in [2.24, 2.45) is 5.92 Å². The van der Waals surface area contributed by atoms with E-state index in [0.717, 1.165) is 23.1 Å². The predicted octanol–water partition coefficient (Wildman–Crippen LogP) is 4.72. The van der Waals surface area contributed by atoms with Gasteiger partial charge in [0.25, 0.3) is 0 Å². The number of hydrogen-bond donors (Lipinski definition) is 2. The molecule has 8 heteroatoms. The van der Waals surface area contributed by atoms with Crippen LogP contribution in [0.15, 0.2) is 29.4 Å². The zero-order chi connectivity index (χ0) is 21.3. The van der Waals surface area contributed by atoms with Gasteiger partial charge < -0.3 is 11.1 Å². The number of nitrogen functional groups attached to an aromatic ring is 1. The van der Waals surface area contributed by atoms with E-state index >= 15 is 0 Å². The van der Waals surface area contributed by atoms with E-state index in [2.05, 4.69) is 17.2 Å². The van der Waals surface area contributed by atoms with Crippen molar-refractivity contribution in [2.75, 3.05) is 16.8 Å². The first-order valence-corrected chi connectivity index (χ1v) is 11.8. The summed E-state index contributed by atoms with van der Waals surface area (Å²) in [6, 6.07) is 6.89. The van der Waals surface area contributed by atoms with Crippen molar-refractivity contribution in [2.45, 2.75) is 44.7 Å². The summed E-state index contributed by atoms with van der Waals surface area (Å²) >= 11 is 3.17. The van der Waals surface area contributed by atoms with Crippen LogP contribution >= 0.6 is 23.1 Å². The van der Waals surface area contributed by atoms with Crippen molar-refractivity contribution in [3.05, 3.63) is 40.3 Å². The SMILES string of the molecule is CC(=O)c1ccc(NC(=O)CCSc2nc(N)c3c4c(sc3n2)C[C@@H](C)CC4)cc1. The molecule has 3 aromatic rings. The fourth-order valence-corrected chi connectivity index (χ4v) is 5.90. The number of aryl methyl sites for hydroxylation is 1. The van der Waals surface area contributed by atoms with Gasteiger partial charge in [0.05, 0.1) is 5.39 Å². The fourth-order valence-electron chi connectivity index (χ4n) is 3.66. The summed E-state index contributed by atoms with van der Waals surface area (Å²) in [5.74, 6) is 1.72. The summed E-state index contributed by atoms with van der Waals surface area (Å²) in [7, 11) is 0. The molecule has 30 heavy (non-hydrogen) atoms. The summed E-state index contributed by atoms with van der Waals surface area (Å²) in [6.45, 7) is 3.80. The van der Waals surface area contributed by atoms with E-state index in [-0.39, 0.29) is 11.7 Å². The third kappa shape index (κ3) is 4.49. The number of nitrogens with one attached hydrogen (secondary N) is 1. The van der Waals surface area contributed by atoms with Gasteiger partial charge in [-0.25, -0.2) is 9.97 Å². The Bertz CT molecular complexity index is 1110. The van der Waals surface area contributed by atoms with Gasteiger partial charge in [-0.1, -0.05) is 18.7 Å². The van der Waals surface area contributed by atoms with Gasteiger partial charge in [0.2, 0.25) is 5.91 Å². The average molecular weight is 441 g/mol. The molecule has 0 aliphatic heterocycles. The lowest BCUT2D eigenvalue weighted by Gasteiger charge is -2.17. The van der Waals surface area contributed by atoms with Crippen molar-refractivity contribution in [1.29, 1.82) is 0 Å². The number of ketones is 1. The van der Waals surface area contributed by atoms with Gasteiger partial charge in [-0.15, -0.1) is 11.3 Å². The smallest absolute Gasteiger partial charge is 0.225 e. The number of nitrogens with zero attached hydrogens (tertiary/aromatic N) is 2. The van der Waals surface area contributed by atoms with Gasteiger partial charge in [0.1, 0.15) is 10.6 Å². The van der Waals surface area contributed by atoms with Gasteiger partial charge >= 0.3 is 0 Å². The molecular formula is C22H24N4O2S2. The summed E-state index contributed by atoms with van der Waals surface area (Å²) in [6.07, 6.45) is 3.65. The molecule has 1 amide bonds. The van der Waals surface area contributed by atoms with Crippen LogP contribution in [-0.4, -0.2) is 27.4 Å². The van der Waals surface area contributed by atoms with Crippen LogP contribution in [0.3, 0.4) is 0 Å². The molecule has 4 rings (SSSR count). The van der Waals surface area contributed by atoms with E-state index in [9.17, 15) is 9.59 Å². The van der Waals surface area contributed by atoms with Crippen LogP contribution in [0.25, 0.3) is 10.2 Å². The normalized spacial score (nSPS) is 15.7. The van der Waals surface area contributed by atoms with E-state index in [1.54, 1.807) is 35.6 Å². The van der Waals surface area contributed by atoms with Gasteiger partial charge in [-0.2, -0.15) is 0 Å². The van der Waals surface area contributed by atoms with Crippen LogP contribution in [-0.2, 0) is 17.6 Å². The Kier molecular flexibility index (Phi) is 6.06. The Labute approximate surface area is 183 Å². The first kappa shape index (κ1) is 20.8. The summed E-state index contributed by atoms with van der Waals surface area (Å²) < 4.78 is 0. The van der Waals surface area contributed by atoms with Crippen LogP contribution in [0, 0.1) is 5.92 Å². The molecule has 0 unspecified atom stereocenters. The molecule has 0 saturated heterocycles. The quantitative estimate of drug-likeness (QED) is 0.327. The summed E-state index contributed by atoms with van der Waals surface area (Å²) in [5, 5.41) is 4.49. The van der Waals surface area contributed by atoms with Gasteiger partial charge in [-0.3, -0.25) is 9.59 Å². The van der Waals surface area contributed by atoms with E-state index < -0.39 is 0 Å². The topological polar surface area (TPSA) is 98.0 Å². The molecule has 2 aromatic heterocycles. The number of fused-ring (bicyclic) bond motifs is 3. The molecule has 3 N–H and O–H groups in total. The number of amides is 1. The highest BCUT2D eigenvalue weighted by Gasteiger charge is 2.23. The van der Waals surface area contributed by atoms with Crippen LogP contribution in [0.2, 0.25) is 0 Å². The highest BCUT2D eigenvalue weighted by molar-refractivity contribution is 7.99. The number of hydrogen-bond acceptors (Lipinski definition) is 7. The van der Waals surface area contributed by atoms with Crippen molar-refractivity contribution in [1.82, 2.24) is 9.97 Å². The highest BCUT2D eigenvalue weighted by Crippen LogP contribution is 2.39. The molecule has 0 fully saturated rings. The van der Waals surface area contributed by atoms with E-state index in [1.165, 1.54) is 35.5 Å². The van der Waals surface area contributed by atoms with Crippen LogP contribution < -0.4 is 11.1 Å². The van der Waals surface area contributed by atoms with E-state index in [4.69, 9.17) is 10.7 Å². The zero-order valence-corrected chi connectivity index (χ0v) is 18.7. The van der Waals surface area contributed by atoms with Crippen LogP contribution in [0.1, 0.15) is 47.5 Å². The number of nitrogens with two attached hydrogens (primary N) is 1. The first-order chi connectivity index (χ1) is 14.4. The van der Waals surface area contributed by atoms with Crippen LogP contribution in [0.5, 0.6) is 0 Å². The average Bonchev–Trinajstić information content (AvgIpc) is 3.06. The third-order valence-electron chi connectivity index (χ3n) is 5.30. The molecule has 1 aliphatic carbocycles. The number of aromatic nitrogens is 2. The molecule has 2 heterocycles. The lowest BCUT2D eigenvalue weighted by atomic mass is 9.89. The van der Waals surface area contributed by atoms with Gasteiger partial charge in [0.15, 0.2) is 10.9 Å². The third-order valence-corrected chi connectivity index (χ3v) is 7.30. The zero-order valence-electron chi connectivity index (χ0n) is 17.0. The Hall–Kier alpha value is -2.45. The summed E-state index contributed by atoms with van der Waals surface area (Å²) in [4.78, 5) is 35.1. The Morgan fingerprint density at radius 3 is 2.77 bits per heavy atom. The Balaban J connectivity index is 1.36. The fraction of sp³-hybridized carbons (Fsp3) is 0.364. The van der Waals surface area contributed by atoms with Crippen molar-refractivity contribution < 1.29 is 9.59 Å². The second-order valence-corrected chi connectivity index (χ2v) is 9.85. The monoisotopic (exact) mass is 440 g/mol. The number of carbonyl (C=O) groups excluding carboxylic acids is 2. The lowest BCUT2D eigenvalue weighted by molar-refractivity contribution is -0.115. The maximum atomic E-state index is 12.2. The minimum Gasteiger partial charge on any atom is -0.383 e. The molecule has 1 atom stereocenters. The molecule has 1 aliphatic rings. The highest BCUT2D eigenvalue weighted by atomic mass is 32.2. The molecule has 6 nitrogen and oxygen atoms in total. The second-order valence-electron chi connectivity index (χ2n) is 7.70. The number of thioether (sulfide) groups is 1. The number of carbonyl (C=O) groups is 2. The molecule has 156 valence electrons. The molecule has 0 saturated carbocycles. The largest absolute Gasteiger partial charge is 0.383 e. The number of anilines is 2. The van der Waals surface area contributed by atoms with Crippen LogP contribution in [0.4, 0.5) is 11.5 Å². The van der Waals surface area contributed by atoms with E-state index in [0.29, 0.717) is 40.3 Å². The van der Waals surface area contributed by atoms with Crippen molar-refractivity contribution >= 4 is 56.5 Å². The minimum atomic E-state index is -0.0901. The number of Topliss-reactive ketones (excluding diaryl/α,β-unsaturated/α-hetero) is 1. The van der Waals surface area contributed by atoms with Gasteiger partial charge in [0, 0.05) is 28.3 Å². The molecule has 1 aromatic carbocycles. The van der Waals surface area contributed by atoms with Crippen molar-refractivity contribution in [3.8, 4) is 0 Å². The number of thiophene rings is 1. The summed E-state index contributed by atoms with van der Waals surface area (Å²) in [5.41, 5.74) is 8.90. The first-order valence-electron chi connectivity index (χ1n) is 10.0. The van der Waals surface area contributed by atoms with Gasteiger partial charge in [-0.05, 0) is 61.9 Å². The lowest BCUT2D eigenvalue weighted by Crippen LogP contribution is -2.12. The maximum absolute atomic E-state index is 12.2. The van der Waals surface area contributed by atoms with E-state index in [1.807, 2.05) is 0 Å². The standard InChI is InChI=1S/C22H24N4O2S2/c1-12-3-8-16-17(11-12)30-21-19(16)20(23)25-22(26-21)29-10-9-18(28)24-15-6-4-14(5-7-15)13(2)27/h4-7,12H,3,8-11H2,1-2H3,(H,24,28)(H2,23,25,26)/t12-/m0/s1. The molecular weight excluding hydrogens is 416 g/mol. The number of rotatable bonds is 6. The minimum absolute atomic E-state index is 0.00150. The maximum Gasteiger partial charge on any atom is 0.225 e. The Morgan fingerprint density at radius 2 is 2.03 bits per heavy atom. The molecule has 0 radical (unpaired) electrons. The van der Waals surface area contributed by atoms with Crippen molar-refractivity contribution in [3.63, 3.8) is 0 Å². The predicted molar refractivity (Wildman–Crippen MR) is 123 cm³/mol.